The second-order valence-electron chi connectivity index (χ2n) is 9.59. The van der Waals surface area contributed by atoms with Crippen molar-refractivity contribution >= 4 is 23.1 Å². The van der Waals surface area contributed by atoms with Crippen LogP contribution in [-0.4, -0.2) is 80.3 Å². The molecule has 9 nitrogen and oxygen atoms in total. The van der Waals surface area contributed by atoms with Crippen LogP contribution in [0.25, 0.3) is 0 Å². The van der Waals surface area contributed by atoms with E-state index in [0.29, 0.717) is 30.5 Å². The summed E-state index contributed by atoms with van der Waals surface area (Å²) in [6, 6.07) is 14.0. The number of piperazine rings is 1. The molecule has 0 atom stereocenters. The zero-order valence-corrected chi connectivity index (χ0v) is 23.5. The molecule has 2 aromatic carbocycles. The summed E-state index contributed by atoms with van der Waals surface area (Å²) in [5.74, 6) is 1.09. The Morgan fingerprint density at radius 2 is 1.73 bits per heavy atom. The van der Waals surface area contributed by atoms with E-state index >= 15 is 0 Å². The van der Waals surface area contributed by atoms with Gasteiger partial charge in [-0.1, -0.05) is 13.5 Å². The zero-order chi connectivity index (χ0) is 28.2. The van der Waals surface area contributed by atoms with Gasteiger partial charge in [-0.15, -0.1) is 0 Å². The van der Waals surface area contributed by atoms with Gasteiger partial charge in [0, 0.05) is 55.5 Å². The van der Waals surface area contributed by atoms with E-state index in [1.165, 1.54) is 11.9 Å². The van der Waals surface area contributed by atoms with Crippen LogP contribution in [0.2, 0.25) is 0 Å². The van der Waals surface area contributed by atoms with Gasteiger partial charge in [-0.05, 0) is 73.0 Å². The summed E-state index contributed by atoms with van der Waals surface area (Å²) in [4.78, 5) is 26.5. The number of nitrogens with zero attached hydrogens (tertiary/aromatic N) is 4. The van der Waals surface area contributed by atoms with Crippen molar-refractivity contribution < 1.29 is 19.0 Å². The summed E-state index contributed by atoms with van der Waals surface area (Å²) in [6.45, 7) is 11.8. The molecule has 1 fully saturated rings. The minimum absolute atomic E-state index is 0.0197. The lowest BCUT2D eigenvalue weighted by molar-refractivity contribution is 0.0639. The summed E-state index contributed by atoms with van der Waals surface area (Å²) in [5.41, 5.74) is 4.76. The van der Waals surface area contributed by atoms with Gasteiger partial charge in [-0.3, -0.25) is 4.79 Å². The van der Waals surface area contributed by atoms with E-state index in [2.05, 4.69) is 62.9 Å². The lowest BCUT2D eigenvalue weighted by Crippen LogP contribution is -2.46. The first-order valence-electron chi connectivity index (χ1n) is 13.7. The predicted octanol–water partition coefficient (Wildman–Crippen LogP) is 4.52. The van der Waals surface area contributed by atoms with Crippen molar-refractivity contribution in [2.45, 2.75) is 19.8 Å². The number of likely N-dealkylation sites (N-methyl/N-ethyl adjacent to an activating group) is 1. The zero-order valence-electron chi connectivity index (χ0n) is 23.5. The second-order valence-corrected chi connectivity index (χ2v) is 9.59. The number of carbonyl (C=O) groups is 1. The van der Waals surface area contributed by atoms with Crippen LogP contribution in [0.15, 0.2) is 67.7 Å². The molecule has 0 radical (unpaired) electrons. The van der Waals surface area contributed by atoms with Gasteiger partial charge in [-0.2, -0.15) is 0 Å². The molecule has 0 spiro atoms. The van der Waals surface area contributed by atoms with Gasteiger partial charge in [0.1, 0.15) is 19.0 Å². The molecule has 40 heavy (non-hydrogen) atoms. The summed E-state index contributed by atoms with van der Waals surface area (Å²) >= 11 is 0. The number of ether oxygens (including phenoxy) is 3. The van der Waals surface area contributed by atoms with Gasteiger partial charge in [0.25, 0.3) is 0 Å². The average Bonchev–Trinajstić information content (AvgIpc) is 3.00. The number of aryl methyl sites for hydroxylation is 2. The quantitative estimate of drug-likeness (QED) is 0.168. The van der Waals surface area contributed by atoms with Gasteiger partial charge < -0.3 is 29.3 Å². The standard InChI is InChI=1S/C31H39N5O4/c1-4-35-12-14-36(15-13-35)28-10-8-27(9-11-28)34-31-32-21-25(22-33-31)7-6-24-18-26(20-29(19-24)38-3)30(37)23-40-17-16-39-5-2/h5,8-11,18-22H,2,4,6-7,12-17,23H2,1,3H3,(H,32,33,34). The molecule has 0 aliphatic carbocycles. The van der Waals surface area contributed by atoms with E-state index in [1.807, 2.05) is 24.5 Å². The summed E-state index contributed by atoms with van der Waals surface area (Å²) in [5, 5.41) is 3.29. The number of Topliss-reactive ketones (excluding diaryl/α,β-unsaturated/α-hetero) is 1. The van der Waals surface area contributed by atoms with Crippen LogP contribution in [0.5, 0.6) is 5.75 Å². The maximum Gasteiger partial charge on any atom is 0.227 e. The molecule has 1 aromatic heterocycles. The van der Waals surface area contributed by atoms with Crippen molar-refractivity contribution in [1.82, 2.24) is 14.9 Å². The number of hydrogen-bond acceptors (Lipinski definition) is 9. The van der Waals surface area contributed by atoms with Crippen LogP contribution in [0, 0.1) is 0 Å². The molecule has 1 N–H and O–H groups in total. The Hall–Kier alpha value is -3.95. The second kappa shape index (κ2) is 15.0. The van der Waals surface area contributed by atoms with Crippen molar-refractivity contribution in [2.24, 2.45) is 0 Å². The van der Waals surface area contributed by atoms with Crippen LogP contribution >= 0.6 is 0 Å². The number of anilines is 3. The molecule has 4 rings (SSSR count). The number of methoxy groups -OCH3 is 1. The van der Waals surface area contributed by atoms with E-state index in [9.17, 15) is 4.79 Å². The highest BCUT2D eigenvalue weighted by Crippen LogP contribution is 2.22. The maximum absolute atomic E-state index is 12.6. The van der Waals surface area contributed by atoms with Gasteiger partial charge in [0.05, 0.1) is 20.0 Å². The van der Waals surface area contributed by atoms with Crippen LogP contribution in [0.4, 0.5) is 17.3 Å². The molecule has 212 valence electrons. The summed E-state index contributed by atoms with van der Waals surface area (Å²) < 4.78 is 15.8. The highest BCUT2D eigenvalue weighted by Gasteiger charge is 2.16. The molecular weight excluding hydrogens is 506 g/mol. The molecule has 1 aliphatic rings. The van der Waals surface area contributed by atoms with E-state index < -0.39 is 0 Å². The van der Waals surface area contributed by atoms with Crippen molar-refractivity contribution in [3.8, 4) is 5.75 Å². The first kappa shape index (κ1) is 29.0. The number of aromatic nitrogens is 2. The monoisotopic (exact) mass is 545 g/mol. The number of nitrogens with one attached hydrogen (secondary N) is 1. The smallest absolute Gasteiger partial charge is 0.227 e. The predicted molar refractivity (Wildman–Crippen MR) is 158 cm³/mol. The third kappa shape index (κ3) is 8.53. The van der Waals surface area contributed by atoms with Gasteiger partial charge in [-0.25, -0.2) is 9.97 Å². The molecule has 1 aliphatic heterocycles. The minimum Gasteiger partial charge on any atom is -0.499 e. The normalized spacial score (nSPS) is 13.6. The van der Waals surface area contributed by atoms with Crippen molar-refractivity contribution in [2.75, 3.05) is 69.9 Å². The van der Waals surface area contributed by atoms with E-state index in [1.54, 1.807) is 13.2 Å². The Morgan fingerprint density at radius 1 is 1.00 bits per heavy atom. The highest BCUT2D eigenvalue weighted by atomic mass is 16.5. The number of benzene rings is 2. The number of carbonyl (C=O) groups excluding carboxylic acids is 1. The Bertz CT molecular complexity index is 1230. The van der Waals surface area contributed by atoms with Crippen molar-refractivity contribution in [3.05, 3.63) is 84.4 Å². The fraction of sp³-hybridized carbons (Fsp3) is 0.387. The van der Waals surface area contributed by atoms with Crippen molar-refractivity contribution in [3.63, 3.8) is 0 Å². The fourth-order valence-electron chi connectivity index (χ4n) is 4.57. The van der Waals surface area contributed by atoms with E-state index in [-0.39, 0.29) is 12.4 Å². The molecule has 0 bridgehead atoms. The first-order chi connectivity index (χ1) is 19.6. The van der Waals surface area contributed by atoms with E-state index in [4.69, 9.17) is 14.2 Å². The number of rotatable bonds is 15. The molecule has 0 amide bonds. The topological polar surface area (TPSA) is 89.1 Å². The van der Waals surface area contributed by atoms with E-state index in [0.717, 1.165) is 62.4 Å². The first-order valence-corrected chi connectivity index (χ1v) is 13.7. The van der Waals surface area contributed by atoms with Crippen LogP contribution < -0.4 is 15.0 Å². The molecule has 0 saturated carbocycles. The third-order valence-electron chi connectivity index (χ3n) is 6.94. The highest BCUT2D eigenvalue weighted by molar-refractivity contribution is 5.97. The Kier molecular flexibility index (Phi) is 10.9. The molecular formula is C31H39N5O4. The Balaban J connectivity index is 1.28. The van der Waals surface area contributed by atoms with Crippen LogP contribution in [-0.2, 0) is 22.3 Å². The lowest BCUT2D eigenvalue weighted by Gasteiger charge is -2.35. The molecule has 3 aromatic rings. The molecule has 2 heterocycles. The largest absolute Gasteiger partial charge is 0.499 e. The lowest BCUT2D eigenvalue weighted by atomic mass is 10.0. The SMILES string of the molecule is C=COCCOCC(=O)c1cc(CCc2cnc(Nc3ccc(N4CCN(CC)CC4)cc3)nc2)cc(OC)c1. The molecule has 9 heteroatoms. The maximum atomic E-state index is 12.6. The van der Waals surface area contributed by atoms with Gasteiger partial charge in [0.2, 0.25) is 5.95 Å². The Morgan fingerprint density at radius 3 is 2.40 bits per heavy atom. The molecule has 1 saturated heterocycles. The number of ketones is 1. The van der Waals surface area contributed by atoms with Crippen LogP contribution in [0.1, 0.15) is 28.4 Å². The van der Waals surface area contributed by atoms with Gasteiger partial charge in [0.15, 0.2) is 5.78 Å². The fourth-order valence-corrected chi connectivity index (χ4v) is 4.57. The molecule has 0 unspecified atom stereocenters. The third-order valence-corrected chi connectivity index (χ3v) is 6.94. The summed E-state index contributed by atoms with van der Waals surface area (Å²) in [6.07, 6.45) is 6.47. The van der Waals surface area contributed by atoms with Crippen LogP contribution in [0.3, 0.4) is 0 Å². The minimum atomic E-state index is -0.107. The average molecular weight is 546 g/mol. The van der Waals surface area contributed by atoms with Gasteiger partial charge >= 0.3 is 0 Å². The van der Waals surface area contributed by atoms with Crippen molar-refractivity contribution in [1.29, 1.82) is 0 Å². The summed E-state index contributed by atoms with van der Waals surface area (Å²) in [7, 11) is 1.59. The number of hydrogen-bond donors (Lipinski definition) is 1. The Labute approximate surface area is 236 Å².